The molecule has 41 heavy (non-hydrogen) atoms. The molecule has 1 aliphatic rings. The Hall–Kier alpha value is -4.56. The normalized spacial score (nSPS) is 13.3. The Balaban J connectivity index is 0.000000231. The number of carboxylic acid groups (broad SMARTS) is 1. The Morgan fingerprint density at radius 3 is 2.39 bits per heavy atom. The zero-order chi connectivity index (χ0) is 29.4. The molecule has 2 aromatic carbocycles. The standard InChI is InChI=1S/C20H23N3O4.C13H13N/c1-22-10-8-15-11-17(24)23(13-16(15)12-22)19(14-5-3-2-4-6-14)20(27)21-9-7-18(25)26;1-10-5-3-6-11(2)13(10)12-7-4-8-14-9-12/h2-6,11,13,19H,7-10,12H2,1H3,(H,21,27)(H,25,26);3-9H,1-2H3. The van der Waals surface area contributed by atoms with Crippen molar-refractivity contribution in [2.75, 3.05) is 20.1 Å². The molecule has 0 saturated heterocycles. The van der Waals surface area contributed by atoms with Gasteiger partial charge in [0.15, 0.2) is 0 Å². The number of nitrogens with one attached hydrogen (secondary N) is 1. The largest absolute Gasteiger partial charge is 0.481 e. The van der Waals surface area contributed by atoms with E-state index in [1.54, 1.807) is 30.6 Å². The quantitative estimate of drug-likeness (QED) is 0.353. The summed E-state index contributed by atoms with van der Waals surface area (Å²) < 4.78 is 1.45. The van der Waals surface area contributed by atoms with Gasteiger partial charge in [0.25, 0.3) is 5.56 Å². The van der Waals surface area contributed by atoms with Crippen molar-refractivity contribution in [1.82, 2.24) is 19.8 Å². The zero-order valence-electron chi connectivity index (χ0n) is 23.7. The summed E-state index contributed by atoms with van der Waals surface area (Å²) in [4.78, 5) is 42.6. The number of aromatic nitrogens is 2. The molecule has 212 valence electrons. The van der Waals surface area contributed by atoms with Crippen molar-refractivity contribution >= 4 is 11.9 Å². The number of pyridine rings is 2. The second-order valence-corrected chi connectivity index (χ2v) is 10.3. The van der Waals surface area contributed by atoms with Crippen LogP contribution in [0.15, 0.2) is 90.1 Å². The van der Waals surface area contributed by atoms with Crippen LogP contribution in [0.2, 0.25) is 0 Å². The molecular weight excluding hydrogens is 516 g/mol. The predicted molar refractivity (Wildman–Crippen MR) is 160 cm³/mol. The minimum atomic E-state index is -0.986. The lowest BCUT2D eigenvalue weighted by molar-refractivity contribution is -0.137. The summed E-state index contributed by atoms with van der Waals surface area (Å²) in [5.74, 6) is -1.38. The van der Waals surface area contributed by atoms with E-state index < -0.39 is 17.9 Å². The van der Waals surface area contributed by atoms with Gasteiger partial charge in [0, 0.05) is 49.9 Å². The van der Waals surface area contributed by atoms with Crippen molar-refractivity contribution in [2.24, 2.45) is 0 Å². The molecule has 2 N–H and O–H groups in total. The number of rotatable bonds is 7. The van der Waals surface area contributed by atoms with Crippen molar-refractivity contribution in [2.45, 2.75) is 39.3 Å². The topological polar surface area (TPSA) is 105 Å². The Bertz CT molecular complexity index is 1530. The van der Waals surface area contributed by atoms with Crippen molar-refractivity contribution in [1.29, 1.82) is 0 Å². The lowest BCUT2D eigenvalue weighted by Crippen LogP contribution is -2.39. The van der Waals surface area contributed by atoms with Crippen LogP contribution in [0.3, 0.4) is 0 Å². The molecule has 0 fully saturated rings. The number of nitrogens with zero attached hydrogens (tertiary/aromatic N) is 3. The summed E-state index contributed by atoms with van der Waals surface area (Å²) in [7, 11) is 2.02. The first kappa shape index (κ1) is 29.4. The second-order valence-electron chi connectivity index (χ2n) is 10.3. The molecule has 1 unspecified atom stereocenters. The van der Waals surface area contributed by atoms with Crippen LogP contribution in [0, 0.1) is 13.8 Å². The molecule has 4 aromatic rings. The Kier molecular flexibility index (Phi) is 9.81. The molecule has 0 bridgehead atoms. The number of carbonyl (C=O) groups excluding carboxylic acids is 1. The van der Waals surface area contributed by atoms with Gasteiger partial charge >= 0.3 is 5.97 Å². The summed E-state index contributed by atoms with van der Waals surface area (Å²) in [6, 6.07) is 20.2. The van der Waals surface area contributed by atoms with Crippen LogP contribution in [0.25, 0.3) is 11.1 Å². The minimum absolute atomic E-state index is 0.0138. The van der Waals surface area contributed by atoms with Crippen LogP contribution in [0.1, 0.15) is 40.3 Å². The van der Waals surface area contributed by atoms with Gasteiger partial charge in [-0.2, -0.15) is 0 Å². The predicted octanol–water partition coefficient (Wildman–Crippen LogP) is 4.38. The third kappa shape index (κ3) is 7.55. The van der Waals surface area contributed by atoms with Crippen LogP contribution in [0.5, 0.6) is 0 Å². The maximum absolute atomic E-state index is 12.8. The SMILES string of the molecule is CN1CCc2cc(=O)n(C(C(=O)NCCC(=O)O)c3ccccc3)cc2C1.Cc1cccc(C)c1-c1cccnc1. The first-order chi connectivity index (χ1) is 19.7. The van der Waals surface area contributed by atoms with Crippen molar-refractivity contribution in [3.63, 3.8) is 0 Å². The monoisotopic (exact) mass is 552 g/mol. The second kappa shape index (κ2) is 13.7. The van der Waals surface area contributed by atoms with E-state index >= 15 is 0 Å². The number of aryl methyl sites for hydroxylation is 2. The summed E-state index contributed by atoms with van der Waals surface area (Å²) >= 11 is 0. The van der Waals surface area contributed by atoms with E-state index in [4.69, 9.17) is 5.11 Å². The smallest absolute Gasteiger partial charge is 0.305 e. The number of benzene rings is 2. The van der Waals surface area contributed by atoms with Gasteiger partial charge in [-0.05, 0) is 66.8 Å². The van der Waals surface area contributed by atoms with Gasteiger partial charge in [-0.25, -0.2) is 0 Å². The van der Waals surface area contributed by atoms with Crippen molar-refractivity contribution in [3.05, 3.63) is 123 Å². The van der Waals surface area contributed by atoms with Crippen molar-refractivity contribution in [3.8, 4) is 11.1 Å². The first-order valence-corrected chi connectivity index (χ1v) is 13.7. The van der Waals surface area contributed by atoms with E-state index in [9.17, 15) is 14.4 Å². The number of carbonyl (C=O) groups is 2. The molecule has 1 atom stereocenters. The number of likely N-dealkylation sites (N-methyl/N-ethyl adjacent to an activating group) is 1. The fraction of sp³-hybridized carbons (Fsp3) is 0.273. The molecule has 5 rings (SSSR count). The van der Waals surface area contributed by atoms with E-state index in [1.165, 1.54) is 26.8 Å². The summed E-state index contributed by atoms with van der Waals surface area (Å²) in [5, 5.41) is 11.4. The van der Waals surface area contributed by atoms with E-state index in [0.29, 0.717) is 5.56 Å². The third-order valence-corrected chi connectivity index (χ3v) is 7.17. The number of fused-ring (bicyclic) bond motifs is 1. The number of carboxylic acids is 1. The summed E-state index contributed by atoms with van der Waals surface area (Å²) in [6.07, 6.45) is 6.12. The van der Waals surface area contributed by atoms with Crippen molar-refractivity contribution < 1.29 is 14.7 Å². The first-order valence-electron chi connectivity index (χ1n) is 13.7. The molecule has 8 nitrogen and oxygen atoms in total. The molecular formula is C33H36N4O4. The zero-order valence-corrected chi connectivity index (χ0v) is 23.7. The third-order valence-electron chi connectivity index (χ3n) is 7.17. The van der Waals surface area contributed by atoms with Crippen LogP contribution in [-0.4, -0.2) is 51.6 Å². The average molecular weight is 553 g/mol. The molecule has 1 amide bonds. The maximum atomic E-state index is 12.8. The molecule has 0 aliphatic carbocycles. The molecule has 0 radical (unpaired) electrons. The molecule has 0 saturated carbocycles. The van der Waals surface area contributed by atoms with Crippen LogP contribution in [0.4, 0.5) is 0 Å². The number of hydrogen-bond donors (Lipinski definition) is 2. The number of aliphatic carboxylic acids is 1. The van der Waals surface area contributed by atoms with Crippen LogP contribution >= 0.6 is 0 Å². The Labute approximate surface area is 240 Å². The van der Waals surface area contributed by atoms with Gasteiger partial charge < -0.3 is 15.3 Å². The molecule has 1 aliphatic heterocycles. The van der Waals surface area contributed by atoms with E-state index in [1.807, 2.05) is 37.5 Å². The highest BCUT2D eigenvalue weighted by Gasteiger charge is 2.25. The molecule has 3 heterocycles. The van der Waals surface area contributed by atoms with Crippen LogP contribution in [-0.2, 0) is 22.6 Å². The lowest BCUT2D eigenvalue weighted by atomic mass is 9.97. The van der Waals surface area contributed by atoms with E-state index in [-0.39, 0.29) is 18.5 Å². The Morgan fingerprint density at radius 2 is 1.73 bits per heavy atom. The average Bonchev–Trinajstić information content (AvgIpc) is 2.95. The number of hydrogen-bond acceptors (Lipinski definition) is 5. The Morgan fingerprint density at radius 1 is 1.00 bits per heavy atom. The van der Waals surface area contributed by atoms with Gasteiger partial charge in [-0.15, -0.1) is 0 Å². The fourth-order valence-corrected chi connectivity index (χ4v) is 5.13. The molecule has 8 heteroatoms. The highest BCUT2D eigenvalue weighted by atomic mass is 16.4. The maximum Gasteiger partial charge on any atom is 0.305 e. The lowest BCUT2D eigenvalue weighted by Gasteiger charge is -2.27. The van der Waals surface area contributed by atoms with E-state index in [2.05, 4.69) is 53.3 Å². The molecule has 0 spiro atoms. The van der Waals surface area contributed by atoms with Gasteiger partial charge in [0.1, 0.15) is 6.04 Å². The van der Waals surface area contributed by atoms with Gasteiger partial charge in [0.05, 0.1) is 6.42 Å². The fourth-order valence-electron chi connectivity index (χ4n) is 5.13. The summed E-state index contributed by atoms with van der Waals surface area (Å²) in [5.41, 5.74) is 7.60. The summed E-state index contributed by atoms with van der Waals surface area (Å²) in [6.45, 7) is 5.90. The van der Waals surface area contributed by atoms with E-state index in [0.717, 1.165) is 30.6 Å². The highest BCUT2D eigenvalue weighted by molar-refractivity contribution is 5.84. The van der Waals surface area contributed by atoms with Gasteiger partial charge in [0.2, 0.25) is 5.91 Å². The highest BCUT2D eigenvalue weighted by Crippen LogP contribution is 2.26. The van der Waals surface area contributed by atoms with Gasteiger partial charge in [-0.1, -0.05) is 54.6 Å². The minimum Gasteiger partial charge on any atom is -0.481 e. The van der Waals surface area contributed by atoms with Crippen LogP contribution < -0.4 is 10.9 Å². The van der Waals surface area contributed by atoms with Gasteiger partial charge in [-0.3, -0.25) is 23.9 Å². The number of amides is 1. The molecule has 2 aromatic heterocycles.